The van der Waals surface area contributed by atoms with E-state index in [-0.39, 0.29) is 11.0 Å². The number of anilines is 1. The fourth-order valence-corrected chi connectivity index (χ4v) is 2.88. The number of carbonyl (C=O) groups is 1. The largest absolute Gasteiger partial charge is 0.457 e. The van der Waals surface area contributed by atoms with E-state index in [1.165, 1.54) is 6.08 Å². The van der Waals surface area contributed by atoms with E-state index < -0.39 is 0 Å². The number of rotatable bonds is 4. The number of aryl methyl sites for hydroxylation is 1. The Hall–Kier alpha value is -2.60. The topological polar surface area (TPSA) is 54.3 Å². The minimum Gasteiger partial charge on any atom is -0.457 e. The van der Waals surface area contributed by atoms with Gasteiger partial charge in [-0.2, -0.15) is 0 Å². The van der Waals surface area contributed by atoms with E-state index in [2.05, 4.69) is 10.6 Å². The summed E-state index contributed by atoms with van der Waals surface area (Å²) in [5, 5.41) is 6.95. The number of halogens is 2. The van der Waals surface area contributed by atoms with Gasteiger partial charge in [-0.1, -0.05) is 35.3 Å². The zero-order valence-corrected chi connectivity index (χ0v) is 17.2. The molecule has 3 rings (SSSR count). The average molecular weight is 431 g/mol. The van der Waals surface area contributed by atoms with Crippen LogP contribution in [0.5, 0.6) is 0 Å². The molecule has 3 aromatic rings. The van der Waals surface area contributed by atoms with E-state index >= 15 is 0 Å². The molecule has 7 heteroatoms. The highest BCUT2D eigenvalue weighted by molar-refractivity contribution is 7.80. The van der Waals surface area contributed by atoms with Crippen LogP contribution in [0.15, 0.2) is 65.1 Å². The summed E-state index contributed by atoms with van der Waals surface area (Å²) in [7, 11) is 0. The number of hydrogen-bond acceptors (Lipinski definition) is 3. The molecule has 0 aliphatic heterocycles. The van der Waals surface area contributed by atoms with Crippen molar-refractivity contribution in [3.05, 3.63) is 82.0 Å². The highest BCUT2D eigenvalue weighted by atomic mass is 35.5. The first-order valence-corrected chi connectivity index (χ1v) is 9.49. The van der Waals surface area contributed by atoms with Gasteiger partial charge in [0.05, 0.1) is 0 Å². The molecule has 0 saturated heterocycles. The van der Waals surface area contributed by atoms with Crippen molar-refractivity contribution in [3.8, 4) is 11.3 Å². The molecular weight excluding hydrogens is 415 g/mol. The van der Waals surface area contributed by atoms with Crippen molar-refractivity contribution in [3.63, 3.8) is 0 Å². The van der Waals surface area contributed by atoms with Crippen LogP contribution in [0.25, 0.3) is 17.4 Å². The molecule has 0 fully saturated rings. The molecule has 142 valence electrons. The third kappa shape index (κ3) is 5.45. The molecule has 0 aliphatic rings. The standard InChI is InChI=1S/C21H16Cl2N2O2S/c1-13-2-3-14(12-18(13)23)19-10-8-17(27-19)9-11-20(26)25-21(28)24-16-6-4-15(22)5-7-16/h2-12H,1H3,(H2,24,25,26,28)/b11-9+. The molecule has 4 nitrogen and oxygen atoms in total. The van der Waals surface area contributed by atoms with Crippen molar-refractivity contribution < 1.29 is 9.21 Å². The van der Waals surface area contributed by atoms with E-state index in [0.29, 0.717) is 21.6 Å². The smallest absolute Gasteiger partial charge is 0.250 e. The Morgan fingerprint density at radius 1 is 1.07 bits per heavy atom. The first-order valence-electron chi connectivity index (χ1n) is 8.33. The third-order valence-electron chi connectivity index (χ3n) is 3.82. The molecular formula is C21H16Cl2N2O2S. The molecule has 1 aromatic heterocycles. The van der Waals surface area contributed by atoms with Gasteiger partial charge in [-0.3, -0.25) is 10.1 Å². The average Bonchev–Trinajstić information content (AvgIpc) is 3.13. The molecule has 0 saturated carbocycles. The first-order chi connectivity index (χ1) is 13.4. The Morgan fingerprint density at radius 2 is 1.82 bits per heavy atom. The predicted octanol–water partition coefficient (Wildman–Crippen LogP) is 6.09. The van der Waals surface area contributed by atoms with E-state index in [4.69, 9.17) is 39.8 Å². The molecule has 0 atom stereocenters. The summed E-state index contributed by atoms with van der Waals surface area (Å²) in [6.07, 6.45) is 2.92. The van der Waals surface area contributed by atoms with Gasteiger partial charge in [0.1, 0.15) is 11.5 Å². The molecule has 0 bridgehead atoms. The highest BCUT2D eigenvalue weighted by Crippen LogP contribution is 2.27. The van der Waals surface area contributed by atoms with Crippen LogP contribution in [0.2, 0.25) is 10.0 Å². The van der Waals surface area contributed by atoms with Crippen LogP contribution in [0.4, 0.5) is 5.69 Å². The second kappa shape index (κ2) is 9.06. The van der Waals surface area contributed by atoms with Crippen molar-refractivity contribution in [1.29, 1.82) is 0 Å². The lowest BCUT2D eigenvalue weighted by atomic mass is 10.1. The zero-order chi connectivity index (χ0) is 20.1. The molecule has 28 heavy (non-hydrogen) atoms. The van der Waals surface area contributed by atoms with Gasteiger partial charge < -0.3 is 9.73 Å². The second-order valence-corrected chi connectivity index (χ2v) is 7.20. The fraction of sp³-hybridized carbons (Fsp3) is 0.0476. The Kier molecular flexibility index (Phi) is 6.52. The van der Waals surface area contributed by atoms with Gasteiger partial charge in [0.2, 0.25) is 5.91 Å². The van der Waals surface area contributed by atoms with E-state index in [1.54, 1.807) is 36.4 Å². The van der Waals surface area contributed by atoms with E-state index in [0.717, 1.165) is 16.8 Å². The Balaban J connectivity index is 1.58. The Bertz CT molecular complexity index is 1040. The minimum atomic E-state index is -0.372. The molecule has 1 amide bonds. The molecule has 2 aromatic carbocycles. The lowest BCUT2D eigenvalue weighted by molar-refractivity contribution is -0.115. The van der Waals surface area contributed by atoms with Crippen molar-refractivity contribution >= 4 is 58.2 Å². The number of hydrogen-bond donors (Lipinski definition) is 2. The lowest BCUT2D eigenvalue weighted by Gasteiger charge is -2.07. The molecule has 0 unspecified atom stereocenters. The summed E-state index contributed by atoms with van der Waals surface area (Å²) in [5.41, 5.74) is 2.59. The zero-order valence-electron chi connectivity index (χ0n) is 14.8. The monoisotopic (exact) mass is 430 g/mol. The van der Waals surface area contributed by atoms with E-state index in [1.807, 2.05) is 31.2 Å². The van der Waals surface area contributed by atoms with Gasteiger partial charge in [-0.25, -0.2) is 0 Å². The van der Waals surface area contributed by atoms with Gasteiger partial charge >= 0.3 is 0 Å². The number of amides is 1. The quantitative estimate of drug-likeness (QED) is 0.388. The number of carbonyl (C=O) groups excluding carboxylic acids is 1. The second-order valence-electron chi connectivity index (χ2n) is 5.95. The van der Waals surface area contributed by atoms with Gasteiger partial charge in [-0.15, -0.1) is 0 Å². The maximum Gasteiger partial charge on any atom is 0.250 e. The van der Waals surface area contributed by atoms with Gasteiger partial charge in [0.25, 0.3) is 0 Å². The Morgan fingerprint density at radius 3 is 2.54 bits per heavy atom. The van der Waals surface area contributed by atoms with Crippen LogP contribution >= 0.6 is 35.4 Å². The summed E-state index contributed by atoms with van der Waals surface area (Å²) < 4.78 is 5.74. The number of thiocarbonyl (C=S) groups is 1. The van der Waals surface area contributed by atoms with Crippen molar-refractivity contribution in [2.24, 2.45) is 0 Å². The summed E-state index contributed by atoms with van der Waals surface area (Å²) >= 11 is 17.1. The predicted molar refractivity (Wildman–Crippen MR) is 119 cm³/mol. The lowest BCUT2D eigenvalue weighted by Crippen LogP contribution is -2.32. The normalized spacial score (nSPS) is 10.8. The van der Waals surface area contributed by atoms with Crippen molar-refractivity contribution in [1.82, 2.24) is 5.32 Å². The SMILES string of the molecule is Cc1ccc(-c2ccc(/C=C/C(=O)NC(=S)Nc3ccc(Cl)cc3)o2)cc1Cl. The van der Waals surface area contributed by atoms with E-state index in [9.17, 15) is 4.79 Å². The van der Waals surface area contributed by atoms with Crippen molar-refractivity contribution in [2.75, 3.05) is 5.32 Å². The molecule has 1 heterocycles. The van der Waals surface area contributed by atoms with Crippen molar-refractivity contribution in [2.45, 2.75) is 6.92 Å². The van der Waals surface area contributed by atoms with Gasteiger partial charge in [0.15, 0.2) is 5.11 Å². The molecule has 2 N–H and O–H groups in total. The number of furan rings is 1. The van der Waals surface area contributed by atoms with Crippen LogP contribution in [0.1, 0.15) is 11.3 Å². The minimum absolute atomic E-state index is 0.186. The molecule has 0 aliphatic carbocycles. The third-order valence-corrected chi connectivity index (χ3v) is 4.68. The van der Waals surface area contributed by atoms with Crippen LogP contribution in [0.3, 0.4) is 0 Å². The molecule has 0 spiro atoms. The van der Waals surface area contributed by atoms with Crippen LogP contribution in [0, 0.1) is 6.92 Å². The van der Waals surface area contributed by atoms with Crippen LogP contribution in [-0.4, -0.2) is 11.0 Å². The van der Waals surface area contributed by atoms with Gasteiger partial charge in [0, 0.05) is 27.4 Å². The number of nitrogens with one attached hydrogen (secondary N) is 2. The summed E-state index contributed by atoms with van der Waals surface area (Å²) in [4.78, 5) is 12.0. The Labute approximate surface area is 178 Å². The summed E-state index contributed by atoms with van der Waals surface area (Å²) in [5.74, 6) is 0.836. The maximum absolute atomic E-state index is 12.0. The van der Waals surface area contributed by atoms with Gasteiger partial charge in [-0.05, 0) is 73.2 Å². The molecule has 0 radical (unpaired) electrons. The highest BCUT2D eigenvalue weighted by Gasteiger charge is 2.06. The summed E-state index contributed by atoms with van der Waals surface area (Å²) in [6, 6.07) is 16.3. The number of benzene rings is 2. The summed E-state index contributed by atoms with van der Waals surface area (Å²) in [6.45, 7) is 1.94. The van der Waals surface area contributed by atoms with Crippen LogP contribution in [-0.2, 0) is 4.79 Å². The fourth-order valence-electron chi connectivity index (χ4n) is 2.35. The first kappa shape index (κ1) is 20.1. The van der Waals surface area contributed by atoms with Crippen LogP contribution < -0.4 is 10.6 Å². The maximum atomic E-state index is 12.0.